The highest BCUT2D eigenvalue weighted by Crippen LogP contribution is 2.30. The summed E-state index contributed by atoms with van der Waals surface area (Å²) in [7, 11) is 1.38. The second kappa shape index (κ2) is 10.2. The second-order valence-corrected chi connectivity index (χ2v) is 7.22. The molecular formula is C26H21FN2O4. The van der Waals surface area contributed by atoms with Crippen molar-refractivity contribution in [2.45, 2.75) is 13.8 Å². The summed E-state index contributed by atoms with van der Waals surface area (Å²) in [5.74, 6) is -1.88. The number of anilines is 1. The number of carbonyl (C=O) groups is 2. The zero-order valence-electron chi connectivity index (χ0n) is 18.3. The first-order valence-electron chi connectivity index (χ1n) is 9.97. The van der Waals surface area contributed by atoms with E-state index in [1.165, 1.54) is 43.5 Å². The van der Waals surface area contributed by atoms with Crippen LogP contribution in [0.3, 0.4) is 0 Å². The minimum Gasteiger partial charge on any atom is -0.493 e. The Morgan fingerprint density at radius 1 is 1.03 bits per heavy atom. The summed E-state index contributed by atoms with van der Waals surface area (Å²) in [6.07, 6.45) is 1.39. The molecule has 0 fully saturated rings. The number of hydrogen-bond acceptors (Lipinski definition) is 5. The molecule has 3 aromatic rings. The largest absolute Gasteiger partial charge is 0.493 e. The van der Waals surface area contributed by atoms with Gasteiger partial charge in [0.25, 0.3) is 5.91 Å². The van der Waals surface area contributed by atoms with Crippen LogP contribution in [0.25, 0.3) is 6.08 Å². The zero-order valence-corrected chi connectivity index (χ0v) is 18.3. The van der Waals surface area contributed by atoms with Crippen molar-refractivity contribution >= 4 is 23.6 Å². The van der Waals surface area contributed by atoms with Crippen LogP contribution in [0.5, 0.6) is 11.5 Å². The molecule has 0 unspecified atom stereocenters. The molecule has 3 aromatic carbocycles. The number of esters is 1. The van der Waals surface area contributed by atoms with Gasteiger partial charge in [0.05, 0.1) is 12.7 Å². The third kappa shape index (κ3) is 5.63. The molecule has 33 heavy (non-hydrogen) atoms. The average Bonchev–Trinajstić information content (AvgIpc) is 2.80. The van der Waals surface area contributed by atoms with Crippen LogP contribution < -0.4 is 14.8 Å². The van der Waals surface area contributed by atoms with E-state index >= 15 is 0 Å². The maximum atomic E-state index is 13.8. The van der Waals surface area contributed by atoms with Crippen molar-refractivity contribution < 1.29 is 23.5 Å². The van der Waals surface area contributed by atoms with Gasteiger partial charge in [0.2, 0.25) is 0 Å². The summed E-state index contributed by atoms with van der Waals surface area (Å²) in [5, 5.41) is 12.2. The number of nitrogens with one attached hydrogen (secondary N) is 1. The van der Waals surface area contributed by atoms with E-state index in [1.807, 2.05) is 32.0 Å². The van der Waals surface area contributed by atoms with Gasteiger partial charge in [-0.3, -0.25) is 4.79 Å². The van der Waals surface area contributed by atoms with Gasteiger partial charge in [-0.25, -0.2) is 9.18 Å². The Labute approximate surface area is 190 Å². The summed E-state index contributed by atoms with van der Waals surface area (Å²) in [6, 6.07) is 17.4. The molecule has 3 rings (SSSR count). The summed E-state index contributed by atoms with van der Waals surface area (Å²) >= 11 is 0. The standard InChI is InChI=1S/C26H21FN2O4/c1-16-8-10-22(17(2)12-16)29-25(30)19(15-28)13-18-9-11-23(24(14-18)32-3)33-26(31)20-6-4-5-7-21(20)27/h4-14H,1-3H3,(H,29,30)/b19-13+. The Morgan fingerprint density at radius 3 is 2.45 bits per heavy atom. The molecule has 1 amide bonds. The molecule has 0 aliphatic heterocycles. The van der Waals surface area contributed by atoms with E-state index in [9.17, 15) is 19.2 Å². The lowest BCUT2D eigenvalue weighted by Crippen LogP contribution is -2.14. The Bertz CT molecular complexity index is 1290. The van der Waals surface area contributed by atoms with Gasteiger partial charge in [-0.05, 0) is 61.4 Å². The average molecular weight is 444 g/mol. The number of hydrogen-bond donors (Lipinski definition) is 1. The van der Waals surface area contributed by atoms with Crippen molar-refractivity contribution in [1.29, 1.82) is 5.26 Å². The van der Waals surface area contributed by atoms with E-state index < -0.39 is 17.7 Å². The van der Waals surface area contributed by atoms with Crippen LogP contribution in [0.1, 0.15) is 27.0 Å². The number of nitrogens with zero attached hydrogens (tertiary/aromatic N) is 1. The van der Waals surface area contributed by atoms with Crippen LogP contribution in [0.4, 0.5) is 10.1 Å². The Morgan fingerprint density at radius 2 is 1.79 bits per heavy atom. The van der Waals surface area contributed by atoms with Crippen LogP contribution in [0, 0.1) is 31.0 Å². The summed E-state index contributed by atoms with van der Waals surface area (Å²) in [4.78, 5) is 24.9. The normalized spacial score (nSPS) is 10.8. The maximum Gasteiger partial charge on any atom is 0.346 e. The monoisotopic (exact) mass is 444 g/mol. The van der Waals surface area contributed by atoms with Crippen molar-refractivity contribution in [3.05, 3.63) is 94.3 Å². The van der Waals surface area contributed by atoms with Gasteiger partial charge in [0.15, 0.2) is 11.5 Å². The molecule has 0 bridgehead atoms. The van der Waals surface area contributed by atoms with Crippen LogP contribution >= 0.6 is 0 Å². The third-order valence-corrected chi connectivity index (χ3v) is 4.79. The molecule has 0 saturated heterocycles. The number of aryl methyl sites for hydroxylation is 2. The molecule has 0 aliphatic carbocycles. The maximum absolute atomic E-state index is 13.8. The topological polar surface area (TPSA) is 88.4 Å². The molecule has 0 spiro atoms. The Hall–Kier alpha value is -4.44. The Kier molecular flexibility index (Phi) is 7.21. The number of amides is 1. The highest BCUT2D eigenvalue weighted by Gasteiger charge is 2.17. The van der Waals surface area contributed by atoms with Crippen molar-refractivity contribution in [3.63, 3.8) is 0 Å². The third-order valence-electron chi connectivity index (χ3n) is 4.79. The first kappa shape index (κ1) is 23.2. The fourth-order valence-corrected chi connectivity index (χ4v) is 3.10. The highest BCUT2D eigenvalue weighted by molar-refractivity contribution is 6.10. The fourth-order valence-electron chi connectivity index (χ4n) is 3.10. The van der Waals surface area contributed by atoms with Crippen LogP contribution in [-0.2, 0) is 4.79 Å². The molecule has 1 N–H and O–H groups in total. The minimum absolute atomic E-state index is 0.0705. The van der Waals surface area contributed by atoms with E-state index in [1.54, 1.807) is 12.1 Å². The molecule has 0 atom stereocenters. The number of benzene rings is 3. The zero-order chi connectivity index (χ0) is 24.0. The van der Waals surface area contributed by atoms with E-state index in [0.717, 1.165) is 17.2 Å². The van der Waals surface area contributed by atoms with Crippen LogP contribution in [-0.4, -0.2) is 19.0 Å². The molecule has 0 heterocycles. The van der Waals surface area contributed by atoms with Crippen LogP contribution in [0.15, 0.2) is 66.2 Å². The van der Waals surface area contributed by atoms with Gasteiger partial charge in [-0.2, -0.15) is 5.26 Å². The van der Waals surface area contributed by atoms with Gasteiger partial charge in [-0.1, -0.05) is 35.9 Å². The number of rotatable bonds is 6. The molecule has 166 valence electrons. The lowest BCUT2D eigenvalue weighted by Gasteiger charge is -2.11. The highest BCUT2D eigenvalue weighted by atomic mass is 19.1. The lowest BCUT2D eigenvalue weighted by molar-refractivity contribution is -0.112. The number of carbonyl (C=O) groups excluding carboxylic acids is 2. The summed E-state index contributed by atoms with van der Waals surface area (Å²) < 4.78 is 24.4. The fraction of sp³-hybridized carbons (Fsp3) is 0.115. The lowest BCUT2D eigenvalue weighted by atomic mass is 10.1. The second-order valence-electron chi connectivity index (χ2n) is 7.22. The van der Waals surface area contributed by atoms with Crippen molar-refractivity contribution in [1.82, 2.24) is 0 Å². The minimum atomic E-state index is -0.875. The van der Waals surface area contributed by atoms with Crippen molar-refractivity contribution in [2.24, 2.45) is 0 Å². The predicted octanol–water partition coefficient (Wildman–Crippen LogP) is 5.22. The molecule has 0 aliphatic rings. The van der Waals surface area contributed by atoms with E-state index in [-0.39, 0.29) is 22.6 Å². The smallest absolute Gasteiger partial charge is 0.346 e. The van der Waals surface area contributed by atoms with E-state index in [4.69, 9.17) is 9.47 Å². The van der Waals surface area contributed by atoms with E-state index in [0.29, 0.717) is 11.3 Å². The van der Waals surface area contributed by atoms with Crippen molar-refractivity contribution in [2.75, 3.05) is 12.4 Å². The summed E-state index contributed by atoms with van der Waals surface area (Å²) in [6.45, 7) is 3.81. The SMILES string of the molecule is COc1cc(/C=C(\C#N)C(=O)Nc2ccc(C)cc2C)ccc1OC(=O)c1ccccc1F. The number of nitriles is 1. The first-order valence-corrected chi connectivity index (χ1v) is 9.97. The Balaban J connectivity index is 1.82. The molecular weight excluding hydrogens is 423 g/mol. The first-order chi connectivity index (χ1) is 15.8. The molecule has 0 aromatic heterocycles. The molecule has 0 saturated carbocycles. The number of methoxy groups -OCH3 is 1. The number of halogens is 1. The summed E-state index contributed by atoms with van der Waals surface area (Å²) in [5.41, 5.74) is 2.70. The van der Waals surface area contributed by atoms with Crippen molar-refractivity contribution in [3.8, 4) is 17.6 Å². The van der Waals surface area contributed by atoms with E-state index in [2.05, 4.69) is 5.32 Å². The predicted molar refractivity (Wildman–Crippen MR) is 122 cm³/mol. The molecule has 0 radical (unpaired) electrons. The van der Waals surface area contributed by atoms with Gasteiger partial charge in [-0.15, -0.1) is 0 Å². The van der Waals surface area contributed by atoms with Gasteiger partial charge in [0.1, 0.15) is 17.5 Å². The van der Waals surface area contributed by atoms with Gasteiger partial charge >= 0.3 is 5.97 Å². The molecule has 7 heteroatoms. The molecule has 6 nitrogen and oxygen atoms in total. The number of ether oxygens (including phenoxy) is 2. The quantitative estimate of drug-likeness (QED) is 0.244. The van der Waals surface area contributed by atoms with Crippen LogP contribution in [0.2, 0.25) is 0 Å². The van der Waals surface area contributed by atoms with Gasteiger partial charge in [0, 0.05) is 5.69 Å². The van der Waals surface area contributed by atoms with Gasteiger partial charge < -0.3 is 14.8 Å².